The number of nitrogens with one attached hydrogen (secondary N) is 1. The Morgan fingerprint density at radius 3 is 2.75 bits per heavy atom. The van der Waals surface area contributed by atoms with E-state index < -0.39 is 17.7 Å². The van der Waals surface area contributed by atoms with Crippen molar-refractivity contribution in [1.82, 2.24) is 4.90 Å². The van der Waals surface area contributed by atoms with Crippen molar-refractivity contribution in [2.45, 2.75) is 45.1 Å². The third-order valence-electron chi connectivity index (χ3n) is 4.10. The zero-order valence-electron chi connectivity index (χ0n) is 13.5. The number of hydrogen-bond acceptors (Lipinski definition) is 3. The van der Waals surface area contributed by atoms with E-state index in [2.05, 4.69) is 5.32 Å². The fraction of sp³-hybridized carbons (Fsp3) is 0.471. The molecule has 0 radical (unpaired) electrons. The van der Waals surface area contributed by atoms with Gasteiger partial charge in [0.05, 0.1) is 5.56 Å². The number of nitrogens with zero attached hydrogens (tertiary/aromatic N) is 1. The number of halogens is 1. The minimum Gasteiger partial charge on any atom is -0.481 e. The monoisotopic (exact) mass is 336 g/mol. The molecule has 1 aromatic rings. The average molecular weight is 336 g/mol. The molecule has 6 nitrogen and oxygen atoms in total. The van der Waals surface area contributed by atoms with Crippen LogP contribution in [0, 0.1) is 5.82 Å². The number of carboxylic acid groups (broad SMARTS) is 1. The molecule has 1 aliphatic rings. The largest absolute Gasteiger partial charge is 0.481 e. The van der Waals surface area contributed by atoms with Crippen molar-refractivity contribution in [2.24, 2.45) is 0 Å². The highest BCUT2D eigenvalue weighted by atomic mass is 19.1. The number of rotatable bonds is 5. The van der Waals surface area contributed by atoms with Gasteiger partial charge in [0.2, 0.25) is 5.91 Å². The number of benzene rings is 1. The van der Waals surface area contributed by atoms with Gasteiger partial charge in [0.15, 0.2) is 0 Å². The molecule has 1 aliphatic heterocycles. The van der Waals surface area contributed by atoms with Gasteiger partial charge in [-0.15, -0.1) is 0 Å². The highest BCUT2D eigenvalue weighted by Crippen LogP contribution is 2.25. The first-order valence-electron chi connectivity index (χ1n) is 7.98. The molecule has 1 saturated heterocycles. The van der Waals surface area contributed by atoms with E-state index in [9.17, 15) is 18.8 Å². The predicted octanol–water partition coefficient (Wildman–Crippen LogP) is 2.64. The van der Waals surface area contributed by atoms with E-state index in [0.29, 0.717) is 25.1 Å². The molecule has 1 fully saturated rings. The van der Waals surface area contributed by atoms with Crippen LogP contribution in [0.3, 0.4) is 0 Å². The first-order valence-corrected chi connectivity index (χ1v) is 7.98. The molecule has 0 bridgehead atoms. The number of carbonyl (C=O) groups is 3. The molecule has 1 unspecified atom stereocenters. The van der Waals surface area contributed by atoms with Crippen LogP contribution in [0.1, 0.15) is 49.4 Å². The summed E-state index contributed by atoms with van der Waals surface area (Å²) in [5.74, 6) is -2.34. The van der Waals surface area contributed by atoms with Crippen LogP contribution in [0.4, 0.5) is 10.1 Å². The van der Waals surface area contributed by atoms with Gasteiger partial charge >= 0.3 is 5.97 Å². The number of hydrogen-bond donors (Lipinski definition) is 2. The summed E-state index contributed by atoms with van der Waals surface area (Å²) in [6.45, 7) is 1.81. The van der Waals surface area contributed by atoms with Crippen LogP contribution in [0.15, 0.2) is 18.2 Å². The molecular weight excluding hydrogens is 315 g/mol. The number of carboxylic acids is 1. The van der Waals surface area contributed by atoms with Gasteiger partial charge in [-0.1, -0.05) is 0 Å². The number of likely N-dealkylation sites (tertiary alicyclic amines) is 1. The lowest BCUT2D eigenvalue weighted by molar-refractivity contribution is -0.137. The van der Waals surface area contributed by atoms with E-state index in [1.54, 1.807) is 4.90 Å². The summed E-state index contributed by atoms with van der Waals surface area (Å²) in [6, 6.07) is 3.66. The fourth-order valence-electron chi connectivity index (χ4n) is 2.98. The van der Waals surface area contributed by atoms with Gasteiger partial charge in [-0.05, 0) is 43.9 Å². The molecule has 7 heteroatoms. The third kappa shape index (κ3) is 4.53. The second kappa shape index (κ2) is 7.90. The number of piperidine rings is 1. The quantitative estimate of drug-likeness (QED) is 0.865. The summed E-state index contributed by atoms with van der Waals surface area (Å²) in [5, 5.41) is 11.4. The summed E-state index contributed by atoms with van der Waals surface area (Å²) < 4.78 is 14.1. The lowest BCUT2D eigenvalue weighted by Gasteiger charge is -2.36. The van der Waals surface area contributed by atoms with E-state index in [1.165, 1.54) is 19.1 Å². The standard InChI is InChI=1S/C17H21FN2O4/c1-11(21)19-12-5-7-15(18)14(10-12)17(24)20-9-3-2-4-13(20)6-8-16(22)23/h5,7,10,13H,2-4,6,8-9H2,1H3,(H,19,21)(H,22,23). The molecule has 2 amide bonds. The minimum atomic E-state index is -0.910. The average Bonchev–Trinajstić information content (AvgIpc) is 2.54. The van der Waals surface area contributed by atoms with E-state index >= 15 is 0 Å². The molecule has 2 rings (SSSR count). The maximum Gasteiger partial charge on any atom is 0.303 e. The minimum absolute atomic E-state index is 0.0249. The van der Waals surface area contributed by atoms with Crippen molar-refractivity contribution in [3.05, 3.63) is 29.6 Å². The Labute approximate surface area is 139 Å². The molecule has 0 saturated carbocycles. The summed E-state index contributed by atoms with van der Waals surface area (Å²) in [5.41, 5.74) is 0.245. The fourth-order valence-corrected chi connectivity index (χ4v) is 2.98. The second-order valence-electron chi connectivity index (χ2n) is 5.96. The van der Waals surface area contributed by atoms with Crippen LogP contribution < -0.4 is 5.32 Å². The molecule has 130 valence electrons. The van der Waals surface area contributed by atoms with Gasteiger partial charge in [-0.25, -0.2) is 4.39 Å². The van der Waals surface area contributed by atoms with Crippen LogP contribution in [0.25, 0.3) is 0 Å². The predicted molar refractivity (Wildman–Crippen MR) is 86.2 cm³/mol. The Hall–Kier alpha value is -2.44. The summed E-state index contributed by atoms with van der Waals surface area (Å²) in [4.78, 5) is 36.2. The first-order chi connectivity index (χ1) is 11.4. The SMILES string of the molecule is CC(=O)Nc1ccc(F)c(C(=O)N2CCCCC2CCC(=O)O)c1. The van der Waals surface area contributed by atoms with Crippen LogP contribution in [0.5, 0.6) is 0 Å². The molecular formula is C17H21FN2O4. The Bertz CT molecular complexity index is 647. The van der Waals surface area contributed by atoms with E-state index in [4.69, 9.17) is 5.11 Å². The van der Waals surface area contributed by atoms with Gasteiger partial charge in [0.1, 0.15) is 5.82 Å². The second-order valence-corrected chi connectivity index (χ2v) is 5.96. The molecule has 0 spiro atoms. The van der Waals surface area contributed by atoms with Crippen molar-refractivity contribution < 1.29 is 23.9 Å². The lowest BCUT2D eigenvalue weighted by atomic mass is 9.96. The maximum atomic E-state index is 14.1. The normalized spacial score (nSPS) is 17.4. The Balaban J connectivity index is 2.21. The van der Waals surface area contributed by atoms with Crippen molar-refractivity contribution in [1.29, 1.82) is 0 Å². The molecule has 1 heterocycles. The van der Waals surface area contributed by atoms with Crippen LogP contribution in [0.2, 0.25) is 0 Å². The van der Waals surface area contributed by atoms with Crippen LogP contribution >= 0.6 is 0 Å². The maximum absolute atomic E-state index is 14.1. The van der Waals surface area contributed by atoms with Gasteiger partial charge in [0, 0.05) is 31.6 Å². The number of aliphatic carboxylic acids is 1. The number of anilines is 1. The highest BCUT2D eigenvalue weighted by molar-refractivity contribution is 5.97. The third-order valence-corrected chi connectivity index (χ3v) is 4.10. The van der Waals surface area contributed by atoms with E-state index in [0.717, 1.165) is 18.9 Å². The first kappa shape index (κ1) is 17.9. The van der Waals surface area contributed by atoms with Gasteiger partial charge in [0.25, 0.3) is 5.91 Å². The molecule has 1 aromatic carbocycles. The highest BCUT2D eigenvalue weighted by Gasteiger charge is 2.29. The Kier molecular flexibility index (Phi) is 5.89. The zero-order chi connectivity index (χ0) is 17.7. The van der Waals surface area contributed by atoms with Gasteiger partial charge in [-0.2, -0.15) is 0 Å². The van der Waals surface area contributed by atoms with Crippen LogP contribution in [-0.4, -0.2) is 40.4 Å². The van der Waals surface area contributed by atoms with Crippen molar-refractivity contribution in [3.63, 3.8) is 0 Å². The summed E-state index contributed by atoms with van der Waals surface area (Å²) in [6.07, 6.45) is 2.77. The van der Waals surface area contributed by atoms with Crippen molar-refractivity contribution in [2.75, 3.05) is 11.9 Å². The lowest BCUT2D eigenvalue weighted by Crippen LogP contribution is -2.44. The number of carbonyl (C=O) groups excluding carboxylic acids is 2. The topological polar surface area (TPSA) is 86.7 Å². The van der Waals surface area contributed by atoms with Crippen LogP contribution in [-0.2, 0) is 9.59 Å². The molecule has 0 aliphatic carbocycles. The number of amides is 2. The Morgan fingerprint density at radius 2 is 2.08 bits per heavy atom. The van der Waals surface area contributed by atoms with Gasteiger partial charge in [-0.3, -0.25) is 14.4 Å². The molecule has 0 aromatic heterocycles. The van der Waals surface area contributed by atoms with Crippen molar-refractivity contribution in [3.8, 4) is 0 Å². The van der Waals surface area contributed by atoms with Gasteiger partial charge < -0.3 is 15.3 Å². The summed E-state index contributed by atoms with van der Waals surface area (Å²) in [7, 11) is 0. The zero-order valence-corrected chi connectivity index (χ0v) is 13.5. The Morgan fingerprint density at radius 1 is 1.33 bits per heavy atom. The molecule has 2 N–H and O–H groups in total. The van der Waals surface area contributed by atoms with E-state index in [-0.39, 0.29) is 23.9 Å². The van der Waals surface area contributed by atoms with E-state index in [1.807, 2.05) is 0 Å². The molecule has 1 atom stereocenters. The van der Waals surface area contributed by atoms with Crippen molar-refractivity contribution >= 4 is 23.5 Å². The molecule has 24 heavy (non-hydrogen) atoms. The summed E-state index contributed by atoms with van der Waals surface area (Å²) >= 11 is 0. The smallest absolute Gasteiger partial charge is 0.303 e.